The van der Waals surface area contributed by atoms with E-state index in [9.17, 15) is 4.79 Å². The van der Waals surface area contributed by atoms with E-state index in [1.54, 1.807) is 0 Å². The van der Waals surface area contributed by atoms with Gasteiger partial charge in [0.1, 0.15) is 0 Å². The maximum absolute atomic E-state index is 11.4. The first-order valence-corrected chi connectivity index (χ1v) is 4.76. The molecule has 0 bridgehead atoms. The average molecular weight is 178 g/mol. The van der Waals surface area contributed by atoms with Gasteiger partial charge in [-0.15, -0.1) is 0 Å². The third-order valence-electron chi connectivity index (χ3n) is 2.14. The summed E-state index contributed by atoms with van der Waals surface area (Å²) in [5.41, 5.74) is 2.05. The summed E-state index contributed by atoms with van der Waals surface area (Å²) in [5.74, 6) is 0. The summed E-state index contributed by atoms with van der Waals surface area (Å²) < 4.78 is -0.0341. The van der Waals surface area contributed by atoms with E-state index in [-0.39, 0.29) is 9.86 Å². The lowest BCUT2D eigenvalue weighted by Crippen LogP contribution is -2.06. The molecular weight excluding hydrogens is 168 g/mol. The number of fused-ring (bicyclic) bond motifs is 1. The lowest BCUT2D eigenvalue weighted by molar-refractivity contribution is 0.109. The molecule has 1 aromatic carbocycles. The molecule has 0 atom stereocenters. The molecule has 2 heteroatoms. The molecule has 1 nitrogen and oxygen atoms in total. The lowest BCUT2D eigenvalue weighted by Gasteiger charge is -2.15. The van der Waals surface area contributed by atoms with E-state index in [1.165, 1.54) is 17.3 Å². The lowest BCUT2D eigenvalue weighted by atomic mass is 9.98. The highest BCUT2D eigenvalue weighted by Crippen LogP contribution is 2.45. The number of carbonyl (C=O) groups excluding carboxylic acids is 1. The van der Waals surface area contributed by atoms with Gasteiger partial charge >= 0.3 is 0 Å². The zero-order valence-corrected chi connectivity index (χ0v) is 7.94. The Labute approximate surface area is 76.2 Å². The minimum absolute atomic E-state index is 0.0341. The van der Waals surface area contributed by atoms with Crippen molar-refractivity contribution in [3.8, 4) is 0 Å². The zero-order valence-electron chi connectivity index (χ0n) is 7.13. The van der Waals surface area contributed by atoms with Crippen molar-refractivity contribution in [1.82, 2.24) is 0 Å². The molecule has 12 heavy (non-hydrogen) atoms. The molecule has 0 spiro atoms. The van der Waals surface area contributed by atoms with Gasteiger partial charge in [-0.25, -0.2) is 0 Å². The Bertz CT molecular complexity index is 341. The third kappa shape index (κ3) is 0.985. The van der Waals surface area contributed by atoms with Gasteiger partial charge in [-0.1, -0.05) is 36.0 Å². The highest BCUT2D eigenvalue weighted by molar-refractivity contribution is 8.15. The van der Waals surface area contributed by atoms with Gasteiger partial charge in [0.05, 0.1) is 0 Å². The molecule has 0 amide bonds. The predicted octanol–water partition coefficient (Wildman–Crippen LogP) is 2.81. The van der Waals surface area contributed by atoms with Crippen molar-refractivity contribution in [2.24, 2.45) is 0 Å². The van der Waals surface area contributed by atoms with Crippen molar-refractivity contribution in [2.45, 2.75) is 18.6 Å². The van der Waals surface area contributed by atoms with E-state index in [2.05, 4.69) is 13.8 Å². The van der Waals surface area contributed by atoms with Crippen molar-refractivity contribution in [3.63, 3.8) is 0 Å². The number of benzene rings is 1. The van der Waals surface area contributed by atoms with Crippen LogP contribution in [0.4, 0.5) is 0 Å². The van der Waals surface area contributed by atoms with Crippen LogP contribution in [0.1, 0.15) is 29.8 Å². The zero-order chi connectivity index (χ0) is 8.77. The Morgan fingerprint density at radius 1 is 1.25 bits per heavy atom. The first-order valence-electron chi connectivity index (χ1n) is 3.94. The van der Waals surface area contributed by atoms with Crippen LogP contribution in [-0.2, 0) is 4.75 Å². The van der Waals surface area contributed by atoms with Gasteiger partial charge in [-0.2, -0.15) is 0 Å². The number of hydrogen-bond donors (Lipinski definition) is 0. The summed E-state index contributed by atoms with van der Waals surface area (Å²) in [4.78, 5) is 11.4. The quantitative estimate of drug-likeness (QED) is 0.607. The fourth-order valence-corrected chi connectivity index (χ4v) is 2.57. The largest absolute Gasteiger partial charge is 0.282 e. The van der Waals surface area contributed by atoms with Crippen LogP contribution in [0.25, 0.3) is 0 Å². The molecular formula is C10H10OS. The van der Waals surface area contributed by atoms with Gasteiger partial charge in [0.25, 0.3) is 0 Å². The highest BCUT2D eigenvalue weighted by Gasteiger charge is 2.35. The van der Waals surface area contributed by atoms with Gasteiger partial charge in [-0.3, -0.25) is 4.79 Å². The molecule has 1 aliphatic heterocycles. The number of rotatable bonds is 0. The maximum Gasteiger partial charge on any atom is 0.220 e. The normalized spacial score (nSPS) is 19.3. The van der Waals surface area contributed by atoms with Crippen LogP contribution in [0.5, 0.6) is 0 Å². The van der Waals surface area contributed by atoms with Crippen LogP contribution in [0.2, 0.25) is 0 Å². The first-order chi connectivity index (χ1) is 5.61. The minimum atomic E-state index is -0.0341. The molecule has 62 valence electrons. The van der Waals surface area contributed by atoms with Crippen LogP contribution >= 0.6 is 11.8 Å². The average Bonchev–Trinajstić information content (AvgIpc) is 2.25. The van der Waals surface area contributed by atoms with Crippen molar-refractivity contribution in [3.05, 3.63) is 35.4 Å². The molecule has 0 unspecified atom stereocenters. The summed E-state index contributed by atoms with van der Waals surface area (Å²) in [5, 5.41) is 0.204. The molecule has 0 aromatic heterocycles. The summed E-state index contributed by atoms with van der Waals surface area (Å²) in [6.07, 6.45) is 0. The van der Waals surface area contributed by atoms with E-state index in [0.29, 0.717) is 0 Å². The fourth-order valence-electron chi connectivity index (χ4n) is 1.53. The Kier molecular flexibility index (Phi) is 1.55. The molecule has 0 aliphatic carbocycles. The number of carbonyl (C=O) groups is 1. The Balaban J connectivity index is 2.66. The van der Waals surface area contributed by atoms with Crippen LogP contribution in [0.15, 0.2) is 24.3 Å². The Morgan fingerprint density at radius 2 is 1.92 bits per heavy atom. The van der Waals surface area contributed by atoms with Crippen molar-refractivity contribution < 1.29 is 4.79 Å². The molecule has 0 radical (unpaired) electrons. The van der Waals surface area contributed by atoms with Crippen LogP contribution < -0.4 is 0 Å². The standard InChI is InChI=1S/C10H10OS/c1-10(2)8-6-4-3-5-7(8)9(11)12-10/h3-6H,1-2H3. The molecule has 1 heterocycles. The van der Waals surface area contributed by atoms with E-state index in [1.807, 2.05) is 24.3 Å². The summed E-state index contributed by atoms with van der Waals surface area (Å²) >= 11 is 1.41. The second kappa shape index (κ2) is 2.36. The Morgan fingerprint density at radius 3 is 2.58 bits per heavy atom. The second-order valence-corrected chi connectivity index (χ2v) is 5.04. The molecule has 2 rings (SSSR count). The summed E-state index contributed by atoms with van der Waals surface area (Å²) in [7, 11) is 0. The van der Waals surface area contributed by atoms with Gasteiger partial charge in [0.2, 0.25) is 5.12 Å². The van der Waals surface area contributed by atoms with E-state index in [0.717, 1.165) is 5.56 Å². The minimum Gasteiger partial charge on any atom is -0.282 e. The molecule has 0 saturated carbocycles. The predicted molar refractivity (Wildman–Crippen MR) is 51.4 cm³/mol. The van der Waals surface area contributed by atoms with E-state index >= 15 is 0 Å². The highest BCUT2D eigenvalue weighted by atomic mass is 32.2. The van der Waals surface area contributed by atoms with Crippen molar-refractivity contribution >= 4 is 16.9 Å². The fraction of sp³-hybridized carbons (Fsp3) is 0.300. The SMILES string of the molecule is CC1(C)SC(=O)c2ccccc21. The smallest absolute Gasteiger partial charge is 0.220 e. The molecule has 1 aliphatic rings. The number of hydrogen-bond acceptors (Lipinski definition) is 2. The van der Waals surface area contributed by atoms with E-state index < -0.39 is 0 Å². The van der Waals surface area contributed by atoms with Gasteiger partial charge in [-0.05, 0) is 19.4 Å². The molecule has 0 N–H and O–H groups in total. The second-order valence-electron chi connectivity index (χ2n) is 3.45. The maximum atomic E-state index is 11.4. The molecule has 1 aromatic rings. The van der Waals surface area contributed by atoms with Crippen molar-refractivity contribution in [2.75, 3.05) is 0 Å². The van der Waals surface area contributed by atoms with E-state index in [4.69, 9.17) is 0 Å². The summed E-state index contributed by atoms with van der Waals surface area (Å²) in [6.45, 7) is 4.17. The van der Waals surface area contributed by atoms with Crippen LogP contribution in [0, 0.1) is 0 Å². The third-order valence-corrected chi connectivity index (χ3v) is 3.28. The topological polar surface area (TPSA) is 17.1 Å². The monoisotopic (exact) mass is 178 g/mol. The van der Waals surface area contributed by atoms with Crippen LogP contribution in [-0.4, -0.2) is 5.12 Å². The van der Waals surface area contributed by atoms with Gasteiger partial charge in [0, 0.05) is 10.3 Å². The summed E-state index contributed by atoms with van der Waals surface area (Å²) in [6, 6.07) is 7.84. The van der Waals surface area contributed by atoms with Gasteiger partial charge < -0.3 is 0 Å². The molecule has 0 saturated heterocycles. The van der Waals surface area contributed by atoms with Crippen LogP contribution in [0.3, 0.4) is 0 Å². The van der Waals surface area contributed by atoms with Crippen molar-refractivity contribution in [1.29, 1.82) is 0 Å². The van der Waals surface area contributed by atoms with Gasteiger partial charge in [0.15, 0.2) is 0 Å². The molecule has 0 fully saturated rings. The first kappa shape index (κ1) is 7.87. The number of thioether (sulfide) groups is 1. The Hall–Kier alpha value is -0.760.